The average molecular weight is 771 g/mol. The maximum Gasteiger partial charge on any atom is 0.407 e. The zero-order valence-corrected chi connectivity index (χ0v) is 32.5. The number of nitrogens with zero attached hydrogens (tertiary/aromatic N) is 4. The SMILES string of the molecule is COC(=O)N[C@H](C(=O)N1CCC[C@H]1c1ncc(-c2ccc(-c3ccc(-c4cnc(C5C6CCC(C6)[C@@H]5C(=O)NC(CO)c5ccccn5)[nH]4)cc3)cc2)[nH]1)C(C)C. The maximum atomic E-state index is 13.8. The van der Waals surface area contributed by atoms with Crippen molar-refractivity contribution in [2.24, 2.45) is 23.7 Å². The number of hydrogen-bond donors (Lipinski definition) is 5. The van der Waals surface area contributed by atoms with E-state index in [-0.39, 0.29) is 42.2 Å². The van der Waals surface area contributed by atoms with Gasteiger partial charge in [0.1, 0.15) is 17.7 Å². The molecule has 5 aromatic rings. The number of fused-ring (bicyclic) bond motifs is 2. The van der Waals surface area contributed by atoms with Gasteiger partial charge in [-0.05, 0) is 84.2 Å². The number of benzene rings is 2. The van der Waals surface area contributed by atoms with E-state index in [1.165, 1.54) is 7.11 Å². The number of likely N-dealkylation sites (tertiary alicyclic amines) is 1. The topological polar surface area (TPSA) is 178 Å². The van der Waals surface area contributed by atoms with E-state index in [9.17, 15) is 19.5 Å². The summed E-state index contributed by atoms with van der Waals surface area (Å²) < 4.78 is 4.76. The van der Waals surface area contributed by atoms with E-state index in [1.54, 1.807) is 6.20 Å². The van der Waals surface area contributed by atoms with Crippen LogP contribution in [-0.2, 0) is 14.3 Å². The van der Waals surface area contributed by atoms with Gasteiger partial charge in [0.2, 0.25) is 11.8 Å². The van der Waals surface area contributed by atoms with Crippen molar-refractivity contribution in [3.8, 4) is 33.6 Å². The maximum absolute atomic E-state index is 13.8. The Hall–Kier alpha value is -5.82. The Balaban J connectivity index is 0.925. The van der Waals surface area contributed by atoms with E-state index < -0.39 is 18.2 Å². The highest BCUT2D eigenvalue weighted by atomic mass is 16.5. The number of hydrogen-bond acceptors (Lipinski definition) is 8. The van der Waals surface area contributed by atoms with Gasteiger partial charge in [-0.25, -0.2) is 14.8 Å². The van der Waals surface area contributed by atoms with Crippen molar-refractivity contribution in [1.82, 2.24) is 40.5 Å². The summed E-state index contributed by atoms with van der Waals surface area (Å²) in [5, 5.41) is 15.9. The molecule has 0 spiro atoms. The Labute approximate surface area is 332 Å². The van der Waals surface area contributed by atoms with Crippen molar-refractivity contribution in [2.45, 2.75) is 70.0 Å². The number of aromatic nitrogens is 5. The first-order chi connectivity index (χ1) is 27.7. The number of methoxy groups -OCH3 is 1. The smallest absolute Gasteiger partial charge is 0.407 e. The minimum atomic E-state index is -0.684. The summed E-state index contributed by atoms with van der Waals surface area (Å²) in [4.78, 5) is 62.0. The van der Waals surface area contributed by atoms with Gasteiger partial charge in [0, 0.05) is 18.7 Å². The summed E-state index contributed by atoms with van der Waals surface area (Å²) in [7, 11) is 1.29. The Morgan fingerprint density at radius 3 is 2.07 bits per heavy atom. The molecule has 57 heavy (non-hydrogen) atoms. The number of imidazole rings is 2. The van der Waals surface area contributed by atoms with Gasteiger partial charge in [-0.3, -0.25) is 14.6 Å². The van der Waals surface area contributed by atoms with Crippen LogP contribution < -0.4 is 10.6 Å². The van der Waals surface area contributed by atoms with Crippen LogP contribution in [0.3, 0.4) is 0 Å². The van der Waals surface area contributed by atoms with Crippen LogP contribution in [0.25, 0.3) is 33.6 Å². The van der Waals surface area contributed by atoms with E-state index in [0.29, 0.717) is 24.1 Å². The molecule has 8 rings (SSSR count). The Morgan fingerprint density at radius 2 is 1.46 bits per heavy atom. The number of aromatic amines is 2. The quantitative estimate of drug-likeness (QED) is 0.0948. The second-order valence-corrected chi connectivity index (χ2v) is 15.9. The monoisotopic (exact) mass is 770 g/mol. The molecule has 4 heterocycles. The number of carbonyl (C=O) groups excluding carboxylic acids is 3. The molecule has 2 saturated carbocycles. The standard InChI is InChI=1S/C44H50N8O5/c1-25(2)39(51-44(56)57-3)43(55)52-20-6-8-36(52)40-46-22-33(48-40)28-13-9-26(10-14-28)27-11-15-29(16-12-27)34-23-47-41(49-34)37-30-17-18-31(21-30)38(37)42(54)50-35(24-53)32-7-4-5-19-45-32/h4-5,7,9-16,19,22-23,25,30-31,35-39,53H,6,8,17-18,20-21,24H2,1-3H3,(H,46,48)(H,47,49)(H,50,54)(H,51,56)/t30?,31?,35?,36-,37?,38-,39-/m0/s1. The lowest BCUT2D eigenvalue weighted by atomic mass is 9.78. The molecule has 4 unspecified atom stereocenters. The van der Waals surface area contributed by atoms with Crippen LogP contribution in [0.15, 0.2) is 85.3 Å². The number of alkyl carbamates (subject to hydrolysis) is 1. The number of ether oxygens (including phenoxy) is 1. The largest absolute Gasteiger partial charge is 0.453 e. The number of aliphatic hydroxyl groups excluding tert-OH is 1. The van der Waals surface area contributed by atoms with Crippen LogP contribution in [0.5, 0.6) is 0 Å². The molecule has 1 saturated heterocycles. The van der Waals surface area contributed by atoms with Crippen molar-refractivity contribution in [3.05, 3.63) is 103 Å². The zero-order valence-electron chi connectivity index (χ0n) is 32.5. The third-order valence-electron chi connectivity index (χ3n) is 12.2. The first-order valence-corrected chi connectivity index (χ1v) is 20.0. The first-order valence-electron chi connectivity index (χ1n) is 20.0. The number of nitrogens with one attached hydrogen (secondary N) is 4. The van der Waals surface area contributed by atoms with E-state index in [4.69, 9.17) is 9.72 Å². The summed E-state index contributed by atoms with van der Waals surface area (Å²) >= 11 is 0. The minimum Gasteiger partial charge on any atom is -0.453 e. The van der Waals surface area contributed by atoms with Gasteiger partial charge in [0.25, 0.3) is 0 Å². The van der Waals surface area contributed by atoms with Crippen molar-refractivity contribution in [1.29, 1.82) is 0 Å². The number of rotatable bonds is 12. The number of H-pyrrole nitrogens is 2. The highest BCUT2D eigenvalue weighted by Crippen LogP contribution is 2.56. The van der Waals surface area contributed by atoms with Gasteiger partial charge in [-0.1, -0.05) is 68.4 Å². The lowest BCUT2D eigenvalue weighted by Crippen LogP contribution is -2.51. The molecule has 2 bridgehead atoms. The van der Waals surface area contributed by atoms with Crippen molar-refractivity contribution in [3.63, 3.8) is 0 Å². The highest BCUT2D eigenvalue weighted by molar-refractivity contribution is 5.86. The molecule has 5 N–H and O–H groups in total. The van der Waals surface area contributed by atoms with Crippen LogP contribution in [0.4, 0.5) is 4.79 Å². The molecule has 13 nitrogen and oxygen atoms in total. The second kappa shape index (κ2) is 16.3. The summed E-state index contributed by atoms with van der Waals surface area (Å²) in [6, 6.07) is 20.8. The Morgan fingerprint density at radius 1 is 0.825 bits per heavy atom. The van der Waals surface area contributed by atoms with E-state index >= 15 is 0 Å². The van der Waals surface area contributed by atoms with Crippen LogP contribution in [0.2, 0.25) is 0 Å². The molecule has 2 aromatic carbocycles. The van der Waals surface area contributed by atoms with Gasteiger partial charge >= 0.3 is 6.09 Å². The molecule has 3 amide bonds. The lowest BCUT2D eigenvalue weighted by Gasteiger charge is -2.30. The molecular formula is C44H50N8O5. The van der Waals surface area contributed by atoms with Crippen LogP contribution in [0, 0.1) is 23.7 Å². The van der Waals surface area contributed by atoms with E-state index in [0.717, 1.165) is 77.4 Å². The molecule has 3 fully saturated rings. The number of pyridine rings is 1. The summed E-state index contributed by atoms with van der Waals surface area (Å²) in [6.07, 6.45) is 9.50. The zero-order chi connectivity index (χ0) is 39.6. The second-order valence-electron chi connectivity index (χ2n) is 15.9. The van der Waals surface area contributed by atoms with Gasteiger partial charge < -0.3 is 35.3 Å². The van der Waals surface area contributed by atoms with Gasteiger partial charge in [-0.2, -0.15) is 0 Å². The van der Waals surface area contributed by atoms with E-state index in [2.05, 4.69) is 79.1 Å². The molecule has 13 heteroatoms. The summed E-state index contributed by atoms with van der Waals surface area (Å²) in [5.74, 6) is 1.78. The third kappa shape index (κ3) is 7.68. The fraction of sp³-hybridized carbons (Fsp3) is 0.409. The lowest BCUT2D eigenvalue weighted by molar-refractivity contribution is -0.135. The summed E-state index contributed by atoms with van der Waals surface area (Å²) in [6.45, 7) is 4.19. The molecule has 3 aromatic heterocycles. The van der Waals surface area contributed by atoms with Crippen LogP contribution in [0.1, 0.15) is 81.3 Å². The molecule has 3 aliphatic rings. The Kier molecular flexibility index (Phi) is 10.9. The highest BCUT2D eigenvalue weighted by Gasteiger charge is 2.52. The molecule has 7 atom stereocenters. The number of amides is 3. The molecule has 296 valence electrons. The average Bonchev–Trinajstić information content (AvgIpc) is 4.10. The van der Waals surface area contributed by atoms with Gasteiger partial charge in [-0.15, -0.1) is 0 Å². The van der Waals surface area contributed by atoms with E-state index in [1.807, 2.05) is 49.3 Å². The number of aliphatic hydroxyl groups is 1. The third-order valence-corrected chi connectivity index (χ3v) is 12.2. The minimum absolute atomic E-state index is 0.00326. The fourth-order valence-electron chi connectivity index (χ4n) is 9.31. The fourth-order valence-corrected chi connectivity index (χ4v) is 9.31. The predicted octanol–water partition coefficient (Wildman–Crippen LogP) is 6.55. The molecule has 0 radical (unpaired) electrons. The molecule has 2 aliphatic carbocycles. The van der Waals surface area contributed by atoms with Crippen molar-refractivity contribution >= 4 is 17.9 Å². The van der Waals surface area contributed by atoms with Crippen LogP contribution >= 0.6 is 0 Å². The normalized spacial score (nSPS) is 22.4. The van der Waals surface area contributed by atoms with Gasteiger partial charge in [0.15, 0.2) is 0 Å². The van der Waals surface area contributed by atoms with Gasteiger partial charge in [0.05, 0.1) is 61.2 Å². The van der Waals surface area contributed by atoms with Crippen molar-refractivity contribution in [2.75, 3.05) is 20.3 Å². The predicted molar refractivity (Wildman–Crippen MR) is 214 cm³/mol. The molecular weight excluding hydrogens is 721 g/mol. The summed E-state index contributed by atoms with van der Waals surface area (Å²) in [5.41, 5.74) is 6.57. The first kappa shape index (κ1) is 38.1. The Bertz CT molecular complexity index is 2180. The number of carbonyl (C=O) groups is 3. The molecule has 1 aliphatic heterocycles. The van der Waals surface area contributed by atoms with Crippen molar-refractivity contribution < 1.29 is 24.2 Å². The van der Waals surface area contributed by atoms with Crippen LogP contribution in [-0.4, -0.2) is 79.1 Å².